The summed E-state index contributed by atoms with van der Waals surface area (Å²) < 4.78 is 5.72. The number of ether oxygens (including phenoxy) is 1. The van der Waals surface area contributed by atoms with Crippen molar-refractivity contribution in [3.63, 3.8) is 0 Å². The van der Waals surface area contributed by atoms with Crippen molar-refractivity contribution in [3.05, 3.63) is 23.5 Å². The van der Waals surface area contributed by atoms with Crippen molar-refractivity contribution in [1.82, 2.24) is 9.88 Å². The van der Waals surface area contributed by atoms with Crippen LogP contribution in [0.5, 0.6) is 5.75 Å². The first kappa shape index (κ1) is 12.9. The van der Waals surface area contributed by atoms with Gasteiger partial charge in [0.15, 0.2) is 10.9 Å². The van der Waals surface area contributed by atoms with Crippen LogP contribution in [0, 0.1) is 5.92 Å². The average Bonchev–Trinajstić information content (AvgIpc) is 2.98. The first-order chi connectivity index (χ1) is 7.75. The molecule has 1 saturated carbocycles. The second-order valence-electron chi connectivity index (χ2n) is 4.72. The second kappa shape index (κ2) is 5.01. The highest BCUT2D eigenvalue weighted by molar-refractivity contribution is 6.30. The van der Waals surface area contributed by atoms with Gasteiger partial charge >= 0.3 is 0 Å². The summed E-state index contributed by atoms with van der Waals surface area (Å²) in [6.45, 7) is 0.717. The molecule has 1 aliphatic carbocycles. The Labute approximate surface area is 113 Å². The Kier molecular flexibility index (Phi) is 3.81. The van der Waals surface area contributed by atoms with Gasteiger partial charge in [-0.15, -0.1) is 12.4 Å². The lowest BCUT2D eigenvalue weighted by Crippen LogP contribution is -2.33. The molecule has 17 heavy (non-hydrogen) atoms. The molecule has 1 saturated heterocycles. The van der Waals surface area contributed by atoms with Crippen molar-refractivity contribution in [3.8, 4) is 5.75 Å². The molecule has 2 heterocycles. The van der Waals surface area contributed by atoms with Crippen molar-refractivity contribution in [2.45, 2.75) is 24.9 Å². The molecular formula is C12H16Cl2N2O. The number of hydrogen-bond donors (Lipinski definition) is 0. The third-order valence-corrected chi connectivity index (χ3v) is 4.00. The fourth-order valence-electron chi connectivity index (χ4n) is 2.62. The highest BCUT2D eigenvalue weighted by Gasteiger charge is 2.50. The highest BCUT2D eigenvalue weighted by atomic mass is 35.5. The molecule has 0 radical (unpaired) electrons. The van der Waals surface area contributed by atoms with Crippen LogP contribution in [0.1, 0.15) is 12.8 Å². The molecule has 0 unspecified atom stereocenters. The number of hydrogen-bond acceptors (Lipinski definition) is 3. The maximum atomic E-state index is 5.93. The number of piperidine rings is 1. The standard InChI is InChI=1S/C12H15ClN2O.ClH/c1-15-9(5-8-6-10(8)15)7-16-11-3-2-4-14-12(11)13;/h2-4,8-10H,5-7H2,1H3;1H/t8-,9-,10+;/m0./s1. The summed E-state index contributed by atoms with van der Waals surface area (Å²) in [5, 5.41) is 0.452. The number of aromatic nitrogens is 1. The first-order valence-electron chi connectivity index (χ1n) is 5.71. The highest BCUT2D eigenvalue weighted by Crippen LogP contribution is 2.46. The number of fused-ring (bicyclic) bond motifs is 1. The van der Waals surface area contributed by atoms with Gasteiger partial charge in [0.2, 0.25) is 0 Å². The van der Waals surface area contributed by atoms with E-state index in [1.54, 1.807) is 6.20 Å². The summed E-state index contributed by atoms with van der Waals surface area (Å²) in [6, 6.07) is 5.07. The normalized spacial score (nSPS) is 30.6. The Balaban J connectivity index is 0.00000108. The predicted octanol–water partition coefficient (Wildman–Crippen LogP) is 2.63. The van der Waals surface area contributed by atoms with Crippen molar-refractivity contribution >= 4 is 24.0 Å². The van der Waals surface area contributed by atoms with Gasteiger partial charge in [-0.25, -0.2) is 4.98 Å². The minimum absolute atomic E-state index is 0. The third-order valence-electron chi connectivity index (χ3n) is 3.72. The maximum Gasteiger partial charge on any atom is 0.171 e. The van der Waals surface area contributed by atoms with Gasteiger partial charge < -0.3 is 4.74 Å². The van der Waals surface area contributed by atoms with Crippen LogP contribution >= 0.6 is 24.0 Å². The number of likely N-dealkylation sites (N-methyl/N-ethyl adjacent to an activating group) is 1. The molecular weight excluding hydrogens is 259 g/mol. The van der Waals surface area contributed by atoms with Gasteiger partial charge in [0.05, 0.1) is 0 Å². The second-order valence-corrected chi connectivity index (χ2v) is 5.08. The van der Waals surface area contributed by atoms with Gasteiger partial charge in [0.1, 0.15) is 6.61 Å². The maximum absolute atomic E-state index is 5.93. The lowest BCUT2D eigenvalue weighted by atomic mass is 10.2. The van der Waals surface area contributed by atoms with E-state index in [0.29, 0.717) is 16.9 Å². The molecule has 0 aromatic carbocycles. The molecule has 3 rings (SSSR count). The molecule has 1 aromatic heterocycles. The Morgan fingerprint density at radius 2 is 2.35 bits per heavy atom. The molecule has 2 fully saturated rings. The Morgan fingerprint density at radius 1 is 1.53 bits per heavy atom. The van der Waals surface area contributed by atoms with Crippen LogP contribution in [0.25, 0.3) is 0 Å². The van der Waals surface area contributed by atoms with Crippen molar-refractivity contribution in [2.75, 3.05) is 13.7 Å². The zero-order valence-corrected chi connectivity index (χ0v) is 11.2. The summed E-state index contributed by atoms with van der Waals surface area (Å²) >= 11 is 5.93. The summed E-state index contributed by atoms with van der Waals surface area (Å²) in [5.41, 5.74) is 0. The molecule has 0 spiro atoms. The van der Waals surface area contributed by atoms with Gasteiger partial charge in [0, 0.05) is 18.3 Å². The van der Waals surface area contributed by atoms with Gasteiger partial charge in [-0.05, 0) is 37.9 Å². The van der Waals surface area contributed by atoms with E-state index < -0.39 is 0 Å². The van der Waals surface area contributed by atoms with E-state index in [1.165, 1.54) is 12.8 Å². The molecule has 3 atom stereocenters. The molecule has 0 amide bonds. The molecule has 1 aromatic rings. The van der Waals surface area contributed by atoms with E-state index in [-0.39, 0.29) is 12.4 Å². The van der Waals surface area contributed by atoms with E-state index in [9.17, 15) is 0 Å². The number of pyridine rings is 1. The number of likely N-dealkylation sites (tertiary alicyclic amines) is 1. The lowest BCUT2D eigenvalue weighted by Gasteiger charge is -2.22. The molecule has 2 aliphatic rings. The number of halogens is 2. The van der Waals surface area contributed by atoms with Crippen LogP contribution in [0.15, 0.2) is 18.3 Å². The summed E-state index contributed by atoms with van der Waals surface area (Å²) in [6.07, 6.45) is 4.31. The van der Waals surface area contributed by atoms with E-state index in [1.807, 2.05) is 12.1 Å². The van der Waals surface area contributed by atoms with E-state index in [4.69, 9.17) is 16.3 Å². The minimum atomic E-state index is 0. The van der Waals surface area contributed by atoms with Gasteiger partial charge in [-0.1, -0.05) is 11.6 Å². The number of rotatable bonds is 3. The zero-order valence-electron chi connectivity index (χ0n) is 9.67. The minimum Gasteiger partial charge on any atom is -0.489 e. The average molecular weight is 275 g/mol. The van der Waals surface area contributed by atoms with Gasteiger partial charge in [-0.2, -0.15) is 0 Å². The molecule has 1 aliphatic heterocycles. The van der Waals surface area contributed by atoms with Gasteiger partial charge in [-0.3, -0.25) is 4.90 Å². The predicted molar refractivity (Wildman–Crippen MR) is 70.1 cm³/mol. The fraction of sp³-hybridized carbons (Fsp3) is 0.583. The van der Waals surface area contributed by atoms with E-state index in [2.05, 4.69) is 16.9 Å². The van der Waals surface area contributed by atoms with Crippen LogP contribution in [0.2, 0.25) is 5.15 Å². The van der Waals surface area contributed by atoms with Gasteiger partial charge in [0.25, 0.3) is 0 Å². The Bertz CT molecular complexity index is 402. The number of nitrogens with zero attached hydrogens (tertiary/aromatic N) is 2. The first-order valence-corrected chi connectivity index (χ1v) is 6.09. The largest absolute Gasteiger partial charge is 0.489 e. The van der Waals surface area contributed by atoms with Crippen LogP contribution in [0.4, 0.5) is 0 Å². The van der Waals surface area contributed by atoms with Crippen LogP contribution < -0.4 is 4.74 Å². The smallest absolute Gasteiger partial charge is 0.171 e. The van der Waals surface area contributed by atoms with Crippen molar-refractivity contribution in [2.24, 2.45) is 5.92 Å². The third kappa shape index (κ3) is 2.51. The topological polar surface area (TPSA) is 25.4 Å². The lowest BCUT2D eigenvalue weighted by molar-refractivity contribution is 0.176. The van der Waals surface area contributed by atoms with Crippen LogP contribution in [-0.4, -0.2) is 35.6 Å². The Morgan fingerprint density at radius 3 is 3.00 bits per heavy atom. The van der Waals surface area contributed by atoms with Crippen molar-refractivity contribution in [1.29, 1.82) is 0 Å². The van der Waals surface area contributed by atoms with E-state index >= 15 is 0 Å². The van der Waals surface area contributed by atoms with Crippen LogP contribution in [0.3, 0.4) is 0 Å². The monoisotopic (exact) mass is 274 g/mol. The molecule has 0 N–H and O–H groups in total. The molecule has 94 valence electrons. The summed E-state index contributed by atoms with van der Waals surface area (Å²) in [5.74, 6) is 1.61. The zero-order chi connectivity index (χ0) is 11.1. The SMILES string of the molecule is CN1[C@H](COc2cccnc2Cl)C[C@H]2C[C@H]21.Cl. The molecule has 3 nitrogen and oxygen atoms in total. The van der Waals surface area contributed by atoms with Crippen molar-refractivity contribution < 1.29 is 4.74 Å². The molecule has 5 heteroatoms. The molecule has 0 bridgehead atoms. The quantitative estimate of drug-likeness (QED) is 0.793. The summed E-state index contributed by atoms with van der Waals surface area (Å²) in [4.78, 5) is 6.43. The Hall–Kier alpha value is -0.510. The fourth-order valence-corrected chi connectivity index (χ4v) is 2.79. The van der Waals surface area contributed by atoms with Crippen LogP contribution in [-0.2, 0) is 0 Å². The summed E-state index contributed by atoms with van der Waals surface area (Å²) in [7, 11) is 2.19. The van der Waals surface area contributed by atoms with E-state index in [0.717, 1.165) is 18.6 Å².